The van der Waals surface area contributed by atoms with Crippen LogP contribution < -0.4 is 9.47 Å². The first kappa shape index (κ1) is 20.0. The van der Waals surface area contributed by atoms with E-state index in [4.69, 9.17) is 25.8 Å². The third-order valence-corrected chi connectivity index (χ3v) is 5.57. The molecule has 27 heavy (non-hydrogen) atoms. The van der Waals surface area contributed by atoms with Gasteiger partial charge in [-0.05, 0) is 43.3 Å². The van der Waals surface area contributed by atoms with Gasteiger partial charge in [-0.25, -0.2) is 0 Å². The Bertz CT molecular complexity index is 760. The van der Waals surface area contributed by atoms with Crippen molar-refractivity contribution in [2.45, 2.75) is 32.4 Å². The molecule has 2 aromatic rings. The molecule has 0 aliphatic carbocycles. The normalized spacial score (nSPS) is 16.3. The molecule has 0 saturated carbocycles. The summed E-state index contributed by atoms with van der Waals surface area (Å²) in [7, 11) is 1.54. The second kappa shape index (κ2) is 9.44. The Morgan fingerprint density at radius 1 is 1.44 bits per heavy atom. The average molecular weight is 410 g/mol. The zero-order valence-electron chi connectivity index (χ0n) is 15.6. The number of hydrogen-bond acceptors (Lipinski definition) is 5. The van der Waals surface area contributed by atoms with Crippen molar-refractivity contribution in [1.82, 2.24) is 4.90 Å². The van der Waals surface area contributed by atoms with Gasteiger partial charge in [0.2, 0.25) is 0 Å². The minimum Gasteiger partial charge on any atom is -0.493 e. The standard InChI is InChI=1S/C20H24ClNO4S/c1-3-25-19-17(21)10-14(11-18(19)24-2)20(23)22(12-15-6-4-8-26-15)13-16-7-5-9-27-16/h5,7,9-11,15H,3-4,6,8,12-13H2,1-2H3. The first-order valence-electron chi connectivity index (χ1n) is 9.06. The Morgan fingerprint density at radius 3 is 2.93 bits per heavy atom. The Balaban J connectivity index is 1.86. The number of ether oxygens (including phenoxy) is 3. The lowest BCUT2D eigenvalue weighted by molar-refractivity contribution is 0.0509. The molecule has 146 valence electrons. The van der Waals surface area contributed by atoms with Crippen LogP contribution in [0.4, 0.5) is 0 Å². The molecule has 3 rings (SSSR count). The monoisotopic (exact) mass is 409 g/mol. The smallest absolute Gasteiger partial charge is 0.254 e. The van der Waals surface area contributed by atoms with Crippen molar-refractivity contribution in [2.75, 3.05) is 26.9 Å². The number of carbonyl (C=O) groups excluding carboxylic acids is 1. The van der Waals surface area contributed by atoms with Crippen LogP contribution in [0.1, 0.15) is 35.0 Å². The number of halogens is 1. The van der Waals surface area contributed by atoms with E-state index in [1.807, 2.05) is 29.3 Å². The summed E-state index contributed by atoms with van der Waals surface area (Å²) in [6, 6.07) is 7.36. The Labute approximate surface area is 168 Å². The summed E-state index contributed by atoms with van der Waals surface area (Å²) >= 11 is 7.99. The fourth-order valence-corrected chi connectivity index (χ4v) is 4.14. The molecule has 5 nitrogen and oxygen atoms in total. The number of carbonyl (C=O) groups is 1. The molecule has 2 heterocycles. The van der Waals surface area contributed by atoms with Crippen LogP contribution in [0, 0.1) is 0 Å². The Kier molecular flexibility index (Phi) is 6.99. The van der Waals surface area contributed by atoms with Crippen molar-refractivity contribution >= 4 is 28.8 Å². The number of hydrogen-bond donors (Lipinski definition) is 0. The molecule has 0 radical (unpaired) electrons. The van der Waals surface area contributed by atoms with E-state index in [2.05, 4.69) is 0 Å². The van der Waals surface area contributed by atoms with Crippen molar-refractivity contribution in [3.63, 3.8) is 0 Å². The van der Waals surface area contributed by atoms with Crippen molar-refractivity contribution in [3.8, 4) is 11.5 Å². The van der Waals surface area contributed by atoms with Crippen LogP contribution in [-0.4, -0.2) is 43.8 Å². The fourth-order valence-electron chi connectivity index (χ4n) is 3.15. The molecule has 0 spiro atoms. The Morgan fingerprint density at radius 2 is 2.30 bits per heavy atom. The molecular formula is C20H24ClNO4S. The van der Waals surface area contributed by atoms with Crippen molar-refractivity contribution in [1.29, 1.82) is 0 Å². The Hall–Kier alpha value is -1.76. The van der Waals surface area contributed by atoms with Gasteiger partial charge in [-0.3, -0.25) is 4.79 Å². The van der Waals surface area contributed by atoms with Crippen molar-refractivity contribution in [3.05, 3.63) is 45.1 Å². The van der Waals surface area contributed by atoms with Gasteiger partial charge < -0.3 is 19.1 Å². The number of thiophene rings is 1. The quantitative estimate of drug-likeness (QED) is 0.637. The highest BCUT2D eigenvalue weighted by Crippen LogP contribution is 2.37. The third-order valence-electron chi connectivity index (χ3n) is 4.43. The molecule has 1 amide bonds. The van der Waals surface area contributed by atoms with Gasteiger partial charge in [-0.1, -0.05) is 17.7 Å². The maximum Gasteiger partial charge on any atom is 0.254 e. The third kappa shape index (κ3) is 4.94. The van der Waals surface area contributed by atoms with Crippen molar-refractivity contribution < 1.29 is 19.0 Å². The largest absolute Gasteiger partial charge is 0.493 e. The van der Waals surface area contributed by atoms with Gasteiger partial charge in [-0.15, -0.1) is 11.3 Å². The molecule has 0 N–H and O–H groups in total. The number of benzene rings is 1. The molecule has 1 aliphatic rings. The van der Waals surface area contributed by atoms with Gasteiger partial charge in [0.25, 0.3) is 5.91 Å². The second-order valence-electron chi connectivity index (χ2n) is 6.32. The van der Waals surface area contributed by atoms with Crippen LogP contribution in [-0.2, 0) is 11.3 Å². The lowest BCUT2D eigenvalue weighted by atomic mass is 10.1. The molecule has 1 fully saturated rings. The van der Waals surface area contributed by atoms with E-state index in [0.717, 1.165) is 24.3 Å². The molecular weight excluding hydrogens is 386 g/mol. The van der Waals surface area contributed by atoms with Gasteiger partial charge in [0.15, 0.2) is 11.5 Å². The fraction of sp³-hybridized carbons (Fsp3) is 0.450. The zero-order valence-corrected chi connectivity index (χ0v) is 17.1. The van der Waals surface area contributed by atoms with E-state index < -0.39 is 0 Å². The van der Waals surface area contributed by atoms with Gasteiger partial charge in [0.05, 0.1) is 31.4 Å². The molecule has 1 saturated heterocycles. The van der Waals surface area contributed by atoms with Gasteiger partial charge in [0, 0.05) is 23.6 Å². The van der Waals surface area contributed by atoms with E-state index in [1.54, 1.807) is 23.5 Å². The molecule has 7 heteroatoms. The van der Waals surface area contributed by atoms with E-state index in [9.17, 15) is 4.79 Å². The summed E-state index contributed by atoms with van der Waals surface area (Å²) in [4.78, 5) is 16.2. The maximum atomic E-state index is 13.3. The number of methoxy groups -OCH3 is 1. The molecule has 1 unspecified atom stereocenters. The summed E-state index contributed by atoms with van der Waals surface area (Å²) in [6.07, 6.45) is 2.09. The summed E-state index contributed by atoms with van der Waals surface area (Å²) < 4.78 is 16.7. The van der Waals surface area contributed by atoms with Crippen LogP contribution >= 0.6 is 22.9 Å². The first-order chi connectivity index (χ1) is 13.1. The number of amides is 1. The second-order valence-corrected chi connectivity index (χ2v) is 7.76. The van der Waals surface area contributed by atoms with Gasteiger partial charge in [-0.2, -0.15) is 0 Å². The van der Waals surface area contributed by atoms with Crippen LogP contribution in [0.3, 0.4) is 0 Å². The minimum atomic E-state index is -0.0952. The topological polar surface area (TPSA) is 48.0 Å². The molecule has 1 aromatic heterocycles. The van der Waals surface area contributed by atoms with Crippen LogP contribution in [0.2, 0.25) is 5.02 Å². The van der Waals surface area contributed by atoms with E-state index in [0.29, 0.717) is 41.8 Å². The highest BCUT2D eigenvalue weighted by Gasteiger charge is 2.25. The highest BCUT2D eigenvalue weighted by molar-refractivity contribution is 7.09. The van der Waals surface area contributed by atoms with Crippen LogP contribution in [0.25, 0.3) is 0 Å². The van der Waals surface area contributed by atoms with E-state index >= 15 is 0 Å². The van der Waals surface area contributed by atoms with E-state index in [1.165, 1.54) is 7.11 Å². The zero-order chi connectivity index (χ0) is 19.2. The molecule has 1 atom stereocenters. The lowest BCUT2D eigenvalue weighted by Crippen LogP contribution is -2.36. The predicted octanol–water partition coefficient (Wildman–Crippen LogP) is 4.63. The summed E-state index contributed by atoms with van der Waals surface area (Å²) in [5.41, 5.74) is 0.481. The minimum absolute atomic E-state index is 0.0778. The van der Waals surface area contributed by atoms with Crippen LogP contribution in [0.5, 0.6) is 11.5 Å². The SMILES string of the molecule is CCOc1c(Cl)cc(C(=O)N(Cc2cccs2)CC2CCCO2)cc1OC. The van der Waals surface area contributed by atoms with Gasteiger partial charge in [0.1, 0.15) is 0 Å². The van der Waals surface area contributed by atoms with Gasteiger partial charge >= 0.3 is 0 Å². The highest BCUT2D eigenvalue weighted by atomic mass is 35.5. The van der Waals surface area contributed by atoms with Crippen LogP contribution in [0.15, 0.2) is 29.6 Å². The summed E-state index contributed by atoms with van der Waals surface area (Å²) in [6.45, 7) is 4.20. The van der Waals surface area contributed by atoms with Crippen molar-refractivity contribution in [2.24, 2.45) is 0 Å². The number of nitrogens with zero attached hydrogens (tertiary/aromatic N) is 1. The first-order valence-corrected chi connectivity index (χ1v) is 10.3. The lowest BCUT2D eigenvalue weighted by Gasteiger charge is -2.25. The maximum absolute atomic E-state index is 13.3. The summed E-state index contributed by atoms with van der Waals surface area (Å²) in [5.74, 6) is 0.824. The molecule has 1 aliphatic heterocycles. The molecule has 0 bridgehead atoms. The average Bonchev–Trinajstić information content (AvgIpc) is 3.36. The number of rotatable bonds is 8. The molecule has 1 aromatic carbocycles. The van der Waals surface area contributed by atoms with E-state index in [-0.39, 0.29) is 12.0 Å². The summed E-state index contributed by atoms with van der Waals surface area (Å²) in [5, 5.41) is 2.38. The predicted molar refractivity (Wildman–Crippen MR) is 107 cm³/mol.